The van der Waals surface area contributed by atoms with Crippen LogP contribution in [0.5, 0.6) is 34.5 Å². The molecule has 0 aromatic heterocycles. The molecule has 0 fully saturated rings. The average molecular weight is 847 g/mol. The van der Waals surface area contributed by atoms with Gasteiger partial charge >= 0.3 is 5.79 Å². The van der Waals surface area contributed by atoms with E-state index in [9.17, 15) is 19.2 Å². The topological polar surface area (TPSA) is 124 Å². The zero-order valence-electron chi connectivity index (χ0n) is 34.3. The summed E-state index contributed by atoms with van der Waals surface area (Å²) in [4.78, 5) is 56.5. The molecule has 10 heteroatoms. The van der Waals surface area contributed by atoms with E-state index in [1.54, 1.807) is 60.7 Å². The third kappa shape index (κ3) is 6.32. The van der Waals surface area contributed by atoms with Gasteiger partial charge in [-0.1, -0.05) is 140 Å². The van der Waals surface area contributed by atoms with E-state index in [-0.39, 0.29) is 81.6 Å². The zero-order valence-corrected chi connectivity index (χ0v) is 34.3. The Labute approximate surface area is 367 Å². The molecule has 1 atom stereocenters. The Kier molecular flexibility index (Phi) is 9.56. The van der Waals surface area contributed by atoms with Crippen LogP contribution in [0, 0.1) is 0 Å². The predicted octanol–water partition coefficient (Wildman–Crippen LogP) is 10.4. The lowest BCUT2D eigenvalue weighted by molar-refractivity contribution is -0.0461. The van der Waals surface area contributed by atoms with Crippen LogP contribution in [-0.2, 0) is 5.79 Å². The second-order valence-corrected chi connectivity index (χ2v) is 16.0. The molecular formula is C54H38O10. The molecule has 7 aromatic rings. The second kappa shape index (κ2) is 15.7. The highest BCUT2D eigenvalue weighted by atomic mass is 16.7. The van der Waals surface area contributed by atoms with Crippen LogP contribution in [0.15, 0.2) is 152 Å². The highest BCUT2D eigenvalue weighted by Crippen LogP contribution is 2.54. The first-order chi connectivity index (χ1) is 31.4. The molecule has 4 aliphatic rings. The predicted molar refractivity (Wildman–Crippen MR) is 234 cm³/mol. The molecule has 11 rings (SSSR count). The lowest BCUT2D eigenvalue weighted by Gasteiger charge is -2.28. The van der Waals surface area contributed by atoms with Gasteiger partial charge in [0, 0.05) is 51.1 Å². The van der Waals surface area contributed by atoms with Gasteiger partial charge in [-0.15, -0.1) is 0 Å². The molecule has 64 heavy (non-hydrogen) atoms. The quantitative estimate of drug-likeness (QED) is 0.110. The second-order valence-electron chi connectivity index (χ2n) is 16.0. The van der Waals surface area contributed by atoms with Crippen molar-refractivity contribution in [2.24, 2.45) is 0 Å². The normalized spacial score (nSPS) is 15.8. The number of unbranched alkanes of at least 4 members (excludes halogenated alkanes) is 3. The van der Waals surface area contributed by atoms with E-state index in [1.165, 1.54) is 0 Å². The molecule has 0 amide bonds. The fraction of sp³-hybridized carbons (Fsp3) is 0.148. The molecule has 10 nitrogen and oxygen atoms in total. The summed E-state index contributed by atoms with van der Waals surface area (Å²) in [5.41, 5.74) is 3.99. The molecule has 2 heterocycles. The molecule has 314 valence electrons. The van der Waals surface area contributed by atoms with Gasteiger partial charge in [0.25, 0.3) is 6.29 Å². The molecule has 0 saturated carbocycles. The molecule has 0 saturated heterocycles. The summed E-state index contributed by atoms with van der Waals surface area (Å²) in [6, 6.07) is 45.2. The van der Waals surface area contributed by atoms with E-state index in [4.69, 9.17) is 28.4 Å². The summed E-state index contributed by atoms with van der Waals surface area (Å²) >= 11 is 0. The highest BCUT2D eigenvalue weighted by molar-refractivity contribution is 6.31. The Balaban J connectivity index is 0.803. The van der Waals surface area contributed by atoms with Gasteiger partial charge in [0.2, 0.25) is 0 Å². The molecule has 0 spiro atoms. The lowest BCUT2D eigenvalue weighted by atomic mass is 9.83. The number of ether oxygens (including phenoxy) is 6. The minimum atomic E-state index is -1.42. The SMILES string of the molecule is O=C1c2ccccc2C(=O)c2c3c(cc(OCCCCCCOc4cc5c(c6c4C(=O)c4ccccc4C6=O)OC(c4ccccc4)(c4ccccc4)O5)c21)OC(c1ccccc1)O3. The van der Waals surface area contributed by atoms with Crippen molar-refractivity contribution in [3.8, 4) is 34.5 Å². The summed E-state index contributed by atoms with van der Waals surface area (Å²) in [6.45, 7) is 0.529. The first-order valence-corrected chi connectivity index (χ1v) is 21.3. The van der Waals surface area contributed by atoms with Crippen LogP contribution in [0.25, 0.3) is 0 Å². The Morgan fingerprint density at radius 3 is 1.34 bits per heavy atom. The van der Waals surface area contributed by atoms with Crippen molar-refractivity contribution >= 4 is 23.1 Å². The third-order valence-corrected chi connectivity index (χ3v) is 12.1. The average Bonchev–Trinajstić information content (AvgIpc) is 3.96. The monoisotopic (exact) mass is 846 g/mol. The van der Waals surface area contributed by atoms with Crippen molar-refractivity contribution in [2.45, 2.75) is 37.8 Å². The number of hydrogen-bond acceptors (Lipinski definition) is 10. The minimum absolute atomic E-state index is 0.118. The van der Waals surface area contributed by atoms with Gasteiger partial charge in [-0.2, -0.15) is 0 Å². The fourth-order valence-electron chi connectivity index (χ4n) is 8.98. The van der Waals surface area contributed by atoms with Gasteiger partial charge in [-0.05, 0) is 25.7 Å². The molecule has 0 N–H and O–H groups in total. The van der Waals surface area contributed by atoms with Crippen LogP contribution >= 0.6 is 0 Å². The van der Waals surface area contributed by atoms with E-state index < -0.39 is 12.1 Å². The van der Waals surface area contributed by atoms with Gasteiger partial charge in [0.15, 0.2) is 46.1 Å². The van der Waals surface area contributed by atoms with Gasteiger partial charge in [0.05, 0.1) is 35.5 Å². The summed E-state index contributed by atoms with van der Waals surface area (Å²) in [5, 5.41) is 0. The first-order valence-electron chi connectivity index (χ1n) is 21.3. The number of rotatable bonds is 12. The van der Waals surface area contributed by atoms with Crippen LogP contribution in [0.1, 0.15) is 112 Å². The van der Waals surface area contributed by atoms with E-state index in [1.807, 2.05) is 91.0 Å². The van der Waals surface area contributed by atoms with Gasteiger partial charge < -0.3 is 28.4 Å². The van der Waals surface area contributed by atoms with Crippen molar-refractivity contribution in [2.75, 3.05) is 13.2 Å². The number of hydrogen-bond donors (Lipinski definition) is 0. The van der Waals surface area contributed by atoms with E-state index >= 15 is 0 Å². The number of carbonyl (C=O) groups excluding carboxylic acids is 4. The fourth-order valence-corrected chi connectivity index (χ4v) is 8.98. The Bertz CT molecular complexity index is 2990. The summed E-state index contributed by atoms with van der Waals surface area (Å²) in [7, 11) is 0. The number of benzene rings is 7. The Morgan fingerprint density at radius 2 is 0.844 bits per heavy atom. The van der Waals surface area contributed by atoms with Crippen molar-refractivity contribution in [3.05, 3.63) is 213 Å². The van der Waals surface area contributed by atoms with Crippen molar-refractivity contribution < 1.29 is 47.6 Å². The van der Waals surface area contributed by atoms with Gasteiger partial charge in [0.1, 0.15) is 11.5 Å². The first kappa shape index (κ1) is 38.9. The molecule has 0 bridgehead atoms. The van der Waals surface area contributed by atoms with E-state index in [0.717, 1.165) is 18.4 Å². The van der Waals surface area contributed by atoms with Gasteiger partial charge in [-0.3, -0.25) is 19.2 Å². The van der Waals surface area contributed by atoms with E-state index in [2.05, 4.69) is 0 Å². The maximum atomic E-state index is 14.3. The molecular weight excluding hydrogens is 809 g/mol. The van der Waals surface area contributed by atoms with Crippen molar-refractivity contribution in [1.82, 2.24) is 0 Å². The standard InChI is InChI=1S/C54H38O10/c55-47-35-24-12-14-26-37(35)49(57)45-43(47)39(30-41-51(45)62-53(61-41)32-18-6-3-7-19-32)59-28-16-1-2-17-29-60-40-31-42-52(46-44(40)48(56)36-25-13-15-27-38(36)50(46)58)64-54(63-42,33-20-8-4-9-21-33)34-22-10-5-11-23-34/h3-15,18-27,30-31,53H,1-2,16-17,28-29H2. The summed E-state index contributed by atoms with van der Waals surface area (Å²) in [5.74, 6) is -1.17. The zero-order chi connectivity index (χ0) is 43.4. The number of ketones is 4. The summed E-state index contributed by atoms with van der Waals surface area (Å²) < 4.78 is 38.5. The molecule has 2 aliphatic carbocycles. The molecule has 1 unspecified atom stereocenters. The Morgan fingerprint density at radius 1 is 0.422 bits per heavy atom. The third-order valence-electron chi connectivity index (χ3n) is 12.1. The van der Waals surface area contributed by atoms with Crippen LogP contribution in [0.4, 0.5) is 0 Å². The number of carbonyl (C=O) groups is 4. The Hall–Kier alpha value is -7.98. The molecule has 7 aromatic carbocycles. The van der Waals surface area contributed by atoms with Crippen molar-refractivity contribution in [3.63, 3.8) is 0 Å². The smallest absolute Gasteiger partial charge is 0.305 e. The van der Waals surface area contributed by atoms with Crippen LogP contribution < -0.4 is 28.4 Å². The largest absolute Gasteiger partial charge is 0.493 e. The van der Waals surface area contributed by atoms with Crippen LogP contribution in [0.2, 0.25) is 0 Å². The van der Waals surface area contributed by atoms with E-state index in [0.29, 0.717) is 57.7 Å². The van der Waals surface area contributed by atoms with Crippen LogP contribution in [0.3, 0.4) is 0 Å². The molecule has 2 aliphatic heterocycles. The minimum Gasteiger partial charge on any atom is -0.493 e. The molecule has 0 radical (unpaired) electrons. The number of fused-ring (bicyclic) bond motifs is 8. The maximum absolute atomic E-state index is 14.3. The van der Waals surface area contributed by atoms with Gasteiger partial charge in [-0.25, -0.2) is 0 Å². The summed E-state index contributed by atoms with van der Waals surface area (Å²) in [6.07, 6.45) is 1.98. The lowest BCUT2D eigenvalue weighted by Crippen LogP contribution is -2.37. The van der Waals surface area contributed by atoms with Crippen LogP contribution in [-0.4, -0.2) is 36.3 Å². The highest BCUT2D eigenvalue weighted by Gasteiger charge is 2.50. The maximum Gasteiger partial charge on any atom is 0.305 e. The van der Waals surface area contributed by atoms with Crippen molar-refractivity contribution in [1.29, 1.82) is 0 Å².